The van der Waals surface area contributed by atoms with E-state index in [0.29, 0.717) is 35.3 Å². The Morgan fingerprint density at radius 3 is 2.52 bits per heavy atom. The van der Waals surface area contributed by atoms with Crippen LogP contribution in [-0.4, -0.2) is 37.1 Å². The van der Waals surface area contributed by atoms with Gasteiger partial charge in [0.25, 0.3) is 5.91 Å². The first-order valence-corrected chi connectivity index (χ1v) is 10.5. The zero-order chi connectivity index (χ0) is 21.2. The molecule has 0 radical (unpaired) electrons. The van der Waals surface area contributed by atoms with Gasteiger partial charge < -0.3 is 18.9 Å². The predicted molar refractivity (Wildman–Crippen MR) is 119 cm³/mol. The maximum absolute atomic E-state index is 12.9. The molecule has 1 N–H and O–H groups in total. The number of nitrogens with zero attached hydrogens (tertiary/aromatic N) is 1. The number of furan rings is 2. The van der Waals surface area contributed by atoms with Crippen molar-refractivity contribution in [2.45, 2.75) is 6.04 Å². The smallest absolute Gasteiger partial charge is 0.291 e. The Balaban J connectivity index is 1.64. The maximum Gasteiger partial charge on any atom is 0.291 e. The highest BCUT2D eigenvalue weighted by Crippen LogP contribution is 2.41. The number of fused-ring (bicyclic) bond motifs is 1. The number of morpholine rings is 1. The minimum atomic E-state index is -0.324. The van der Waals surface area contributed by atoms with E-state index < -0.39 is 0 Å². The van der Waals surface area contributed by atoms with Gasteiger partial charge in [-0.05, 0) is 42.0 Å². The lowest BCUT2D eigenvalue weighted by Gasteiger charge is -2.34. The Morgan fingerprint density at radius 2 is 1.77 bits per heavy atom. The van der Waals surface area contributed by atoms with Gasteiger partial charge in [-0.1, -0.05) is 35.9 Å². The van der Waals surface area contributed by atoms with Gasteiger partial charge in [0, 0.05) is 23.5 Å². The second-order valence-corrected chi connectivity index (χ2v) is 7.81. The monoisotopic (exact) mass is 436 g/mol. The van der Waals surface area contributed by atoms with Crippen molar-refractivity contribution in [3.8, 4) is 0 Å². The second-order valence-electron chi connectivity index (χ2n) is 7.37. The third kappa shape index (κ3) is 3.97. The number of benzene rings is 2. The SMILES string of the molecule is O=C(Nc1c(C(c2ccc(Cl)cc2)N2CCOCC2)oc2ccccc12)c1ccco1. The average molecular weight is 437 g/mol. The number of carbonyl (C=O) groups excluding carboxylic acids is 1. The quantitative estimate of drug-likeness (QED) is 0.456. The summed E-state index contributed by atoms with van der Waals surface area (Å²) >= 11 is 6.15. The fourth-order valence-electron chi connectivity index (χ4n) is 3.98. The van der Waals surface area contributed by atoms with E-state index in [0.717, 1.165) is 24.0 Å². The predicted octanol–water partition coefficient (Wildman–Crippen LogP) is 5.35. The van der Waals surface area contributed by atoms with Gasteiger partial charge in [0.1, 0.15) is 11.3 Å². The molecule has 0 spiro atoms. The normalized spacial score (nSPS) is 15.8. The van der Waals surface area contributed by atoms with Crippen LogP contribution in [0.4, 0.5) is 5.69 Å². The molecule has 1 aliphatic rings. The summed E-state index contributed by atoms with van der Waals surface area (Å²) in [6.07, 6.45) is 1.48. The highest BCUT2D eigenvalue weighted by molar-refractivity contribution is 6.30. The first-order valence-electron chi connectivity index (χ1n) is 10.1. The van der Waals surface area contributed by atoms with Crippen molar-refractivity contribution < 1.29 is 18.4 Å². The molecule has 5 rings (SSSR count). The molecule has 2 aromatic carbocycles. The summed E-state index contributed by atoms with van der Waals surface area (Å²) in [6.45, 7) is 2.77. The molecule has 6 nitrogen and oxygen atoms in total. The molecule has 0 saturated carbocycles. The van der Waals surface area contributed by atoms with Crippen molar-refractivity contribution >= 4 is 34.2 Å². The van der Waals surface area contributed by atoms with Crippen LogP contribution < -0.4 is 5.32 Å². The zero-order valence-electron chi connectivity index (χ0n) is 16.7. The number of rotatable bonds is 5. The molecule has 1 aliphatic heterocycles. The lowest BCUT2D eigenvalue weighted by Crippen LogP contribution is -2.39. The van der Waals surface area contributed by atoms with Gasteiger partial charge in [0.15, 0.2) is 5.76 Å². The van der Waals surface area contributed by atoms with Crippen LogP contribution >= 0.6 is 11.6 Å². The number of carbonyl (C=O) groups is 1. The van der Waals surface area contributed by atoms with Crippen molar-refractivity contribution in [1.82, 2.24) is 4.90 Å². The fraction of sp³-hybridized carbons (Fsp3) is 0.208. The summed E-state index contributed by atoms with van der Waals surface area (Å²) in [5.41, 5.74) is 2.38. The lowest BCUT2D eigenvalue weighted by atomic mass is 10.0. The lowest BCUT2D eigenvalue weighted by molar-refractivity contribution is 0.0206. The number of anilines is 1. The first-order chi connectivity index (χ1) is 15.2. The van der Waals surface area contributed by atoms with E-state index in [1.54, 1.807) is 12.1 Å². The number of halogens is 1. The standard InChI is InChI=1S/C24H21ClN2O4/c25-17-9-7-16(8-10-17)22(27-11-14-29-15-12-27)23-21(18-4-1-2-5-19(18)31-23)26-24(28)20-6-3-13-30-20/h1-10,13,22H,11-12,14-15H2,(H,26,28). The van der Waals surface area contributed by atoms with Gasteiger partial charge in [-0.25, -0.2) is 0 Å². The van der Waals surface area contributed by atoms with Gasteiger partial charge in [-0.15, -0.1) is 0 Å². The number of amides is 1. The summed E-state index contributed by atoms with van der Waals surface area (Å²) in [6, 6.07) is 18.5. The van der Waals surface area contributed by atoms with Crippen LogP contribution in [-0.2, 0) is 4.74 Å². The number of hydrogen-bond donors (Lipinski definition) is 1. The van der Waals surface area contributed by atoms with Gasteiger partial charge in [-0.3, -0.25) is 9.69 Å². The summed E-state index contributed by atoms with van der Waals surface area (Å²) in [5.74, 6) is 0.589. The van der Waals surface area contributed by atoms with Crippen LogP contribution in [0.25, 0.3) is 11.0 Å². The molecule has 7 heteroatoms. The molecule has 4 aromatic rings. The zero-order valence-corrected chi connectivity index (χ0v) is 17.5. The number of nitrogens with one attached hydrogen (secondary N) is 1. The van der Waals surface area contributed by atoms with Crippen molar-refractivity contribution in [2.75, 3.05) is 31.6 Å². The molecule has 0 bridgehead atoms. The topological polar surface area (TPSA) is 67.9 Å². The number of hydrogen-bond acceptors (Lipinski definition) is 5. The largest absolute Gasteiger partial charge is 0.459 e. The molecule has 1 atom stereocenters. The number of para-hydroxylation sites is 1. The average Bonchev–Trinajstić information content (AvgIpc) is 3.45. The van der Waals surface area contributed by atoms with Crippen LogP contribution in [0.2, 0.25) is 5.02 Å². The summed E-state index contributed by atoms with van der Waals surface area (Å²) in [7, 11) is 0. The second kappa shape index (κ2) is 8.59. The van der Waals surface area contributed by atoms with E-state index in [9.17, 15) is 4.79 Å². The Hall–Kier alpha value is -3.06. The van der Waals surface area contributed by atoms with Crippen molar-refractivity contribution in [1.29, 1.82) is 0 Å². The van der Waals surface area contributed by atoms with Crippen LogP contribution in [0, 0.1) is 0 Å². The Kier molecular flexibility index (Phi) is 5.51. The first kappa shape index (κ1) is 19.9. The highest BCUT2D eigenvalue weighted by Gasteiger charge is 2.31. The van der Waals surface area contributed by atoms with Gasteiger partial charge in [-0.2, -0.15) is 0 Å². The third-order valence-electron chi connectivity index (χ3n) is 5.45. The van der Waals surface area contributed by atoms with E-state index in [1.165, 1.54) is 6.26 Å². The number of ether oxygens (including phenoxy) is 1. The van der Waals surface area contributed by atoms with Crippen LogP contribution in [0.3, 0.4) is 0 Å². The molecule has 158 valence electrons. The van der Waals surface area contributed by atoms with Crippen molar-refractivity contribution in [3.63, 3.8) is 0 Å². The van der Waals surface area contributed by atoms with E-state index in [4.69, 9.17) is 25.2 Å². The van der Waals surface area contributed by atoms with Crippen LogP contribution in [0.5, 0.6) is 0 Å². The van der Waals surface area contributed by atoms with Crippen molar-refractivity contribution in [2.24, 2.45) is 0 Å². The summed E-state index contributed by atoms with van der Waals surface area (Å²) in [4.78, 5) is 15.2. The van der Waals surface area contributed by atoms with E-state index >= 15 is 0 Å². The van der Waals surface area contributed by atoms with Gasteiger partial charge in [0.05, 0.1) is 31.2 Å². The van der Waals surface area contributed by atoms with E-state index in [2.05, 4.69) is 10.2 Å². The van der Waals surface area contributed by atoms with Crippen molar-refractivity contribution in [3.05, 3.63) is 89.0 Å². The molecule has 2 aromatic heterocycles. The fourth-order valence-corrected chi connectivity index (χ4v) is 4.10. The minimum Gasteiger partial charge on any atom is -0.459 e. The van der Waals surface area contributed by atoms with E-state index in [-0.39, 0.29) is 17.7 Å². The van der Waals surface area contributed by atoms with Gasteiger partial charge >= 0.3 is 0 Å². The van der Waals surface area contributed by atoms with Crippen LogP contribution in [0.1, 0.15) is 27.9 Å². The molecule has 0 aliphatic carbocycles. The molecule has 1 saturated heterocycles. The molecule has 3 heterocycles. The third-order valence-corrected chi connectivity index (χ3v) is 5.70. The molecular weight excluding hydrogens is 416 g/mol. The molecule has 1 amide bonds. The summed E-state index contributed by atoms with van der Waals surface area (Å²) < 4.78 is 17.2. The minimum absolute atomic E-state index is 0.208. The molecular formula is C24H21ClN2O4. The molecule has 1 fully saturated rings. The van der Waals surface area contributed by atoms with Crippen LogP contribution in [0.15, 0.2) is 75.8 Å². The van der Waals surface area contributed by atoms with E-state index in [1.807, 2.05) is 48.5 Å². The highest BCUT2D eigenvalue weighted by atomic mass is 35.5. The molecule has 31 heavy (non-hydrogen) atoms. The van der Waals surface area contributed by atoms with Gasteiger partial charge in [0.2, 0.25) is 0 Å². The molecule has 1 unspecified atom stereocenters. The summed E-state index contributed by atoms with van der Waals surface area (Å²) in [5, 5.41) is 4.53. The maximum atomic E-state index is 12.9. The Labute approximate surface area is 184 Å². The Bertz CT molecular complexity index is 1180. The Morgan fingerprint density at radius 1 is 1.00 bits per heavy atom.